The molecule has 1 aliphatic carbocycles. The van der Waals surface area contributed by atoms with E-state index in [2.05, 4.69) is 50.9 Å². The van der Waals surface area contributed by atoms with Gasteiger partial charge in [0.1, 0.15) is 11.5 Å². The summed E-state index contributed by atoms with van der Waals surface area (Å²) >= 11 is 0. The number of nitrogens with zero attached hydrogens (tertiary/aromatic N) is 1. The summed E-state index contributed by atoms with van der Waals surface area (Å²) in [5.41, 5.74) is 1.44. The predicted octanol–water partition coefficient (Wildman–Crippen LogP) is 4.24. The molecule has 0 unspecified atom stereocenters. The number of nitrogens with one attached hydrogen (secondary N) is 1. The molecule has 1 saturated carbocycles. The van der Waals surface area contributed by atoms with Crippen molar-refractivity contribution in [3.05, 3.63) is 23.2 Å². The summed E-state index contributed by atoms with van der Waals surface area (Å²) in [5, 5.41) is 3.54. The highest BCUT2D eigenvalue weighted by Gasteiger charge is 2.22. The van der Waals surface area contributed by atoms with Gasteiger partial charge in [-0.25, -0.2) is 0 Å². The molecular formula is C18H32N2O. The van der Waals surface area contributed by atoms with E-state index in [9.17, 15) is 0 Å². The summed E-state index contributed by atoms with van der Waals surface area (Å²) in [6.45, 7) is 13.9. The quantitative estimate of drug-likeness (QED) is 0.850. The minimum Gasteiger partial charge on any atom is -0.465 e. The van der Waals surface area contributed by atoms with Gasteiger partial charge in [-0.1, -0.05) is 19.8 Å². The lowest BCUT2D eigenvalue weighted by Crippen LogP contribution is -2.35. The monoisotopic (exact) mass is 292 g/mol. The van der Waals surface area contributed by atoms with E-state index >= 15 is 0 Å². The van der Waals surface area contributed by atoms with Crippen LogP contribution in [0.3, 0.4) is 0 Å². The molecule has 21 heavy (non-hydrogen) atoms. The molecule has 120 valence electrons. The highest BCUT2D eigenvalue weighted by Crippen LogP contribution is 2.26. The van der Waals surface area contributed by atoms with Crippen molar-refractivity contribution in [2.24, 2.45) is 0 Å². The average molecular weight is 292 g/mol. The normalized spacial score (nSPS) is 17.0. The van der Waals surface area contributed by atoms with E-state index in [1.165, 1.54) is 31.2 Å². The van der Waals surface area contributed by atoms with Crippen LogP contribution >= 0.6 is 0 Å². The van der Waals surface area contributed by atoms with Crippen molar-refractivity contribution in [3.8, 4) is 0 Å². The first kappa shape index (κ1) is 16.6. The zero-order valence-electron chi connectivity index (χ0n) is 14.5. The zero-order chi connectivity index (χ0) is 15.5. The van der Waals surface area contributed by atoms with Crippen LogP contribution in [-0.2, 0) is 13.1 Å². The van der Waals surface area contributed by atoms with Gasteiger partial charge in [-0.05, 0) is 53.1 Å². The fraction of sp³-hybridized carbons (Fsp3) is 0.778. The smallest absolute Gasteiger partial charge is 0.118 e. The van der Waals surface area contributed by atoms with Crippen molar-refractivity contribution in [1.29, 1.82) is 0 Å². The second-order valence-electron chi connectivity index (χ2n) is 7.40. The largest absolute Gasteiger partial charge is 0.465 e. The molecule has 1 aliphatic rings. The Morgan fingerprint density at radius 2 is 1.95 bits per heavy atom. The number of aryl methyl sites for hydroxylation is 1. The van der Waals surface area contributed by atoms with E-state index in [0.29, 0.717) is 0 Å². The Kier molecular flexibility index (Phi) is 5.50. The third-order valence-corrected chi connectivity index (χ3v) is 4.49. The van der Waals surface area contributed by atoms with Crippen molar-refractivity contribution in [3.63, 3.8) is 0 Å². The molecule has 1 aromatic rings. The summed E-state index contributed by atoms with van der Waals surface area (Å²) < 4.78 is 5.99. The fourth-order valence-electron chi connectivity index (χ4n) is 3.17. The van der Waals surface area contributed by atoms with Crippen LogP contribution in [0.1, 0.15) is 70.5 Å². The van der Waals surface area contributed by atoms with E-state index in [1.54, 1.807) is 0 Å². The summed E-state index contributed by atoms with van der Waals surface area (Å²) in [6, 6.07) is 3.00. The third-order valence-electron chi connectivity index (χ3n) is 4.49. The van der Waals surface area contributed by atoms with Crippen LogP contribution in [0.2, 0.25) is 0 Å². The van der Waals surface area contributed by atoms with E-state index in [1.807, 2.05) is 0 Å². The van der Waals surface area contributed by atoms with Crippen molar-refractivity contribution >= 4 is 0 Å². The van der Waals surface area contributed by atoms with Gasteiger partial charge >= 0.3 is 0 Å². The molecule has 0 aromatic carbocycles. The molecule has 1 heterocycles. The second kappa shape index (κ2) is 6.97. The molecular weight excluding hydrogens is 260 g/mol. The minimum atomic E-state index is 0.142. The topological polar surface area (TPSA) is 28.4 Å². The van der Waals surface area contributed by atoms with Crippen LogP contribution in [0.25, 0.3) is 0 Å². The lowest BCUT2D eigenvalue weighted by Gasteiger charge is -2.26. The maximum Gasteiger partial charge on any atom is 0.118 e. The Bertz CT molecular complexity index is 439. The molecule has 0 saturated heterocycles. The van der Waals surface area contributed by atoms with Gasteiger partial charge in [0, 0.05) is 23.7 Å². The van der Waals surface area contributed by atoms with Crippen LogP contribution in [0.5, 0.6) is 0 Å². The molecule has 1 aromatic heterocycles. The summed E-state index contributed by atoms with van der Waals surface area (Å²) in [7, 11) is 0. The number of hydrogen-bond acceptors (Lipinski definition) is 3. The lowest BCUT2D eigenvalue weighted by molar-refractivity contribution is 0.184. The first-order chi connectivity index (χ1) is 9.89. The van der Waals surface area contributed by atoms with Gasteiger partial charge in [0.15, 0.2) is 0 Å². The van der Waals surface area contributed by atoms with Crippen LogP contribution in [0, 0.1) is 6.92 Å². The van der Waals surface area contributed by atoms with Gasteiger partial charge in [-0.3, -0.25) is 4.90 Å². The predicted molar refractivity (Wildman–Crippen MR) is 88.4 cm³/mol. The molecule has 3 nitrogen and oxygen atoms in total. The Labute approximate surface area is 130 Å². The van der Waals surface area contributed by atoms with Gasteiger partial charge in [0.25, 0.3) is 0 Å². The number of furan rings is 1. The van der Waals surface area contributed by atoms with Crippen molar-refractivity contribution in [2.45, 2.75) is 85.0 Å². The van der Waals surface area contributed by atoms with E-state index in [0.717, 1.165) is 37.2 Å². The molecule has 2 rings (SSSR count). The SMILES string of the molecule is CCN(Cc1cc(CNC(C)(C)C)c(C)o1)C1CCCC1. The maximum atomic E-state index is 5.99. The second-order valence-corrected chi connectivity index (χ2v) is 7.40. The standard InChI is InChI=1S/C18H32N2O/c1-6-20(16-9-7-8-10-16)13-17-11-15(14(2)21-17)12-19-18(3,4)5/h11,16,19H,6-10,12-13H2,1-5H3. The van der Waals surface area contributed by atoms with E-state index in [4.69, 9.17) is 4.42 Å². The van der Waals surface area contributed by atoms with Gasteiger partial charge in [-0.15, -0.1) is 0 Å². The molecule has 0 aliphatic heterocycles. The van der Waals surface area contributed by atoms with E-state index in [-0.39, 0.29) is 5.54 Å². The molecule has 0 bridgehead atoms. The van der Waals surface area contributed by atoms with E-state index < -0.39 is 0 Å². The molecule has 0 spiro atoms. The first-order valence-corrected chi connectivity index (χ1v) is 8.46. The molecule has 3 heteroatoms. The summed E-state index contributed by atoms with van der Waals surface area (Å²) in [5.74, 6) is 2.18. The third kappa shape index (κ3) is 4.86. The van der Waals surface area contributed by atoms with Gasteiger partial charge < -0.3 is 9.73 Å². The van der Waals surface area contributed by atoms with Crippen molar-refractivity contribution in [2.75, 3.05) is 6.54 Å². The lowest BCUT2D eigenvalue weighted by atomic mass is 10.1. The molecule has 0 amide bonds. The maximum absolute atomic E-state index is 5.99. The first-order valence-electron chi connectivity index (χ1n) is 8.46. The zero-order valence-corrected chi connectivity index (χ0v) is 14.5. The van der Waals surface area contributed by atoms with Crippen LogP contribution in [-0.4, -0.2) is 23.0 Å². The summed E-state index contributed by atoms with van der Waals surface area (Å²) in [4.78, 5) is 2.58. The molecule has 0 atom stereocenters. The molecule has 1 fully saturated rings. The fourth-order valence-corrected chi connectivity index (χ4v) is 3.17. The Hall–Kier alpha value is -0.800. The van der Waals surface area contributed by atoms with Crippen LogP contribution in [0.15, 0.2) is 10.5 Å². The van der Waals surface area contributed by atoms with Gasteiger partial charge in [0.05, 0.1) is 6.54 Å². The number of hydrogen-bond donors (Lipinski definition) is 1. The Balaban J connectivity index is 1.97. The van der Waals surface area contributed by atoms with Crippen LogP contribution < -0.4 is 5.32 Å². The highest BCUT2D eigenvalue weighted by atomic mass is 16.3. The Morgan fingerprint density at radius 1 is 1.29 bits per heavy atom. The van der Waals surface area contributed by atoms with Crippen molar-refractivity contribution < 1.29 is 4.42 Å². The molecule has 1 N–H and O–H groups in total. The number of rotatable bonds is 6. The summed E-state index contributed by atoms with van der Waals surface area (Å²) in [6.07, 6.45) is 5.48. The minimum absolute atomic E-state index is 0.142. The van der Waals surface area contributed by atoms with Crippen molar-refractivity contribution in [1.82, 2.24) is 10.2 Å². The molecule has 0 radical (unpaired) electrons. The Morgan fingerprint density at radius 3 is 2.52 bits per heavy atom. The van der Waals surface area contributed by atoms with Gasteiger partial charge in [0.2, 0.25) is 0 Å². The highest BCUT2D eigenvalue weighted by molar-refractivity contribution is 5.21. The van der Waals surface area contributed by atoms with Crippen LogP contribution in [0.4, 0.5) is 0 Å². The average Bonchev–Trinajstić information content (AvgIpc) is 3.02. The van der Waals surface area contributed by atoms with Gasteiger partial charge in [-0.2, -0.15) is 0 Å².